The van der Waals surface area contributed by atoms with Gasteiger partial charge in [-0.25, -0.2) is 9.97 Å². The van der Waals surface area contributed by atoms with Crippen LogP contribution in [0.25, 0.3) is 0 Å². The molecule has 2 aromatic heterocycles. The van der Waals surface area contributed by atoms with Gasteiger partial charge >= 0.3 is 0 Å². The fourth-order valence-corrected chi connectivity index (χ4v) is 2.04. The van der Waals surface area contributed by atoms with Crippen molar-refractivity contribution in [2.75, 3.05) is 19.8 Å². The number of aromatic nitrogens is 4. The average molecular weight is 321 g/mol. The molecule has 118 valence electrons. The van der Waals surface area contributed by atoms with Gasteiger partial charge in [-0.3, -0.25) is 4.79 Å². The number of carbonyl (C=O) groups is 1. The van der Waals surface area contributed by atoms with Gasteiger partial charge in [0.1, 0.15) is 0 Å². The lowest BCUT2D eigenvalue weighted by Crippen LogP contribution is -2.29. The van der Waals surface area contributed by atoms with E-state index in [4.69, 9.17) is 4.52 Å². The third kappa shape index (κ3) is 4.03. The highest BCUT2D eigenvalue weighted by Crippen LogP contribution is 2.12. The van der Waals surface area contributed by atoms with Gasteiger partial charge in [-0.15, -0.1) is 0 Å². The van der Waals surface area contributed by atoms with Gasteiger partial charge < -0.3 is 9.42 Å². The normalized spacial score (nSPS) is 11.0. The van der Waals surface area contributed by atoms with E-state index in [2.05, 4.69) is 20.1 Å². The molecule has 0 fully saturated rings. The standard InChI is InChI=1S/C14H19N5O2S/c1-9(2)12-17-11(18-21-12)5-6-19(3)13(20)10-7-15-14(22-4)16-8-10/h7-9H,5-6H2,1-4H3. The fraction of sp³-hybridized carbons (Fsp3) is 0.500. The number of rotatable bonds is 6. The largest absolute Gasteiger partial charge is 0.341 e. The van der Waals surface area contributed by atoms with Gasteiger partial charge in [0.25, 0.3) is 5.91 Å². The van der Waals surface area contributed by atoms with E-state index in [1.54, 1.807) is 24.3 Å². The molecule has 0 aliphatic heterocycles. The topological polar surface area (TPSA) is 85.0 Å². The Hall–Kier alpha value is -1.96. The number of carbonyl (C=O) groups excluding carboxylic acids is 1. The lowest BCUT2D eigenvalue weighted by atomic mass is 10.2. The minimum absolute atomic E-state index is 0.125. The Morgan fingerprint density at radius 1 is 1.36 bits per heavy atom. The van der Waals surface area contributed by atoms with Crippen molar-refractivity contribution in [1.29, 1.82) is 0 Å². The predicted octanol–water partition coefficient (Wildman–Crippen LogP) is 2.02. The Kier molecular flexibility index (Phi) is 5.48. The molecule has 0 N–H and O–H groups in total. The zero-order valence-electron chi connectivity index (χ0n) is 13.1. The zero-order chi connectivity index (χ0) is 16.1. The summed E-state index contributed by atoms with van der Waals surface area (Å²) in [5.41, 5.74) is 0.469. The minimum atomic E-state index is -0.125. The molecule has 2 heterocycles. The molecule has 2 rings (SSSR count). The summed E-state index contributed by atoms with van der Waals surface area (Å²) in [6.07, 6.45) is 5.52. The first-order chi connectivity index (χ1) is 10.5. The van der Waals surface area contributed by atoms with Crippen molar-refractivity contribution < 1.29 is 9.32 Å². The molecule has 0 spiro atoms. The summed E-state index contributed by atoms with van der Waals surface area (Å²) in [5, 5.41) is 4.56. The molecule has 0 aliphatic rings. The van der Waals surface area contributed by atoms with Crippen molar-refractivity contribution in [3.63, 3.8) is 0 Å². The van der Waals surface area contributed by atoms with Gasteiger partial charge in [-0.2, -0.15) is 4.98 Å². The van der Waals surface area contributed by atoms with Crippen molar-refractivity contribution in [2.45, 2.75) is 31.3 Å². The Labute approximate surface area is 133 Å². The maximum atomic E-state index is 12.3. The summed E-state index contributed by atoms with van der Waals surface area (Å²) in [5.74, 6) is 1.30. The number of nitrogens with zero attached hydrogens (tertiary/aromatic N) is 5. The molecular weight excluding hydrogens is 302 g/mol. The van der Waals surface area contributed by atoms with E-state index >= 15 is 0 Å². The van der Waals surface area contributed by atoms with E-state index in [0.29, 0.717) is 35.4 Å². The molecule has 7 nitrogen and oxygen atoms in total. The van der Waals surface area contributed by atoms with E-state index in [0.717, 1.165) is 0 Å². The van der Waals surface area contributed by atoms with E-state index in [9.17, 15) is 4.79 Å². The summed E-state index contributed by atoms with van der Waals surface area (Å²) >= 11 is 1.44. The molecular formula is C14H19N5O2S. The van der Waals surface area contributed by atoms with Gasteiger partial charge in [0, 0.05) is 38.3 Å². The molecule has 0 aromatic carbocycles. The molecule has 0 saturated heterocycles. The third-order valence-corrected chi connectivity index (χ3v) is 3.63. The highest BCUT2D eigenvalue weighted by Gasteiger charge is 2.15. The van der Waals surface area contributed by atoms with E-state index < -0.39 is 0 Å². The Bertz CT molecular complexity index is 626. The van der Waals surface area contributed by atoms with Crippen molar-refractivity contribution in [2.24, 2.45) is 0 Å². The first-order valence-electron chi connectivity index (χ1n) is 6.95. The van der Waals surface area contributed by atoms with Crippen molar-refractivity contribution in [1.82, 2.24) is 25.0 Å². The maximum absolute atomic E-state index is 12.3. The second kappa shape index (κ2) is 7.35. The Morgan fingerprint density at radius 2 is 2.05 bits per heavy atom. The first-order valence-corrected chi connectivity index (χ1v) is 8.17. The highest BCUT2D eigenvalue weighted by atomic mass is 32.2. The first kappa shape index (κ1) is 16.4. The quantitative estimate of drug-likeness (QED) is 0.594. The molecule has 8 heteroatoms. The highest BCUT2D eigenvalue weighted by molar-refractivity contribution is 7.98. The van der Waals surface area contributed by atoms with E-state index in [1.807, 2.05) is 20.1 Å². The van der Waals surface area contributed by atoms with E-state index in [1.165, 1.54) is 11.8 Å². The summed E-state index contributed by atoms with van der Waals surface area (Å²) in [7, 11) is 1.73. The second-order valence-corrected chi connectivity index (χ2v) is 5.91. The van der Waals surface area contributed by atoms with Crippen LogP contribution in [0, 0.1) is 0 Å². The van der Waals surface area contributed by atoms with Gasteiger partial charge in [-0.05, 0) is 6.26 Å². The van der Waals surface area contributed by atoms with Crippen molar-refractivity contribution in [3.05, 3.63) is 29.7 Å². The van der Waals surface area contributed by atoms with Crippen LogP contribution < -0.4 is 0 Å². The summed E-state index contributed by atoms with van der Waals surface area (Å²) in [6.45, 7) is 4.48. The van der Waals surface area contributed by atoms with Crippen LogP contribution in [0.1, 0.15) is 41.8 Å². The smallest absolute Gasteiger partial charge is 0.256 e. The summed E-state index contributed by atoms with van der Waals surface area (Å²) < 4.78 is 5.14. The van der Waals surface area contributed by atoms with Gasteiger partial charge in [0.2, 0.25) is 5.89 Å². The van der Waals surface area contributed by atoms with Crippen molar-refractivity contribution >= 4 is 17.7 Å². The number of thioether (sulfide) groups is 1. The molecule has 0 atom stereocenters. The predicted molar refractivity (Wildman–Crippen MR) is 82.9 cm³/mol. The number of hydrogen-bond donors (Lipinski definition) is 0. The van der Waals surface area contributed by atoms with Crippen LogP contribution in [-0.4, -0.2) is 50.8 Å². The van der Waals surface area contributed by atoms with E-state index in [-0.39, 0.29) is 11.8 Å². The van der Waals surface area contributed by atoms with Crippen molar-refractivity contribution in [3.8, 4) is 0 Å². The summed E-state index contributed by atoms with van der Waals surface area (Å²) in [6, 6.07) is 0. The van der Waals surface area contributed by atoms with Gasteiger partial charge in [0.05, 0.1) is 5.56 Å². The fourth-order valence-electron chi connectivity index (χ4n) is 1.73. The Morgan fingerprint density at radius 3 is 2.59 bits per heavy atom. The lowest BCUT2D eigenvalue weighted by molar-refractivity contribution is 0.0794. The van der Waals surface area contributed by atoms with Crippen LogP contribution in [0.2, 0.25) is 0 Å². The monoisotopic (exact) mass is 321 g/mol. The molecule has 0 unspecified atom stereocenters. The average Bonchev–Trinajstić information content (AvgIpc) is 3.01. The minimum Gasteiger partial charge on any atom is -0.341 e. The van der Waals surface area contributed by atoms with Gasteiger partial charge in [0.15, 0.2) is 11.0 Å². The summed E-state index contributed by atoms with van der Waals surface area (Å²) in [4.78, 5) is 26.4. The van der Waals surface area contributed by atoms with Crippen LogP contribution in [0.5, 0.6) is 0 Å². The molecule has 2 aromatic rings. The molecule has 0 radical (unpaired) electrons. The van der Waals surface area contributed by atoms with Crippen LogP contribution in [0.4, 0.5) is 0 Å². The van der Waals surface area contributed by atoms with Crippen LogP contribution in [0.15, 0.2) is 22.1 Å². The number of likely N-dealkylation sites (N-methyl/N-ethyl adjacent to an activating group) is 1. The number of amides is 1. The molecule has 0 saturated carbocycles. The Balaban J connectivity index is 1.92. The lowest BCUT2D eigenvalue weighted by Gasteiger charge is -2.15. The molecule has 1 amide bonds. The van der Waals surface area contributed by atoms with Crippen LogP contribution >= 0.6 is 11.8 Å². The third-order valence-electron chi connectivity index (χ3n) is 3.05. The SMILES string of the molecule is CSc1ncc(C(=O)N(C)CCc2noc(C(C)C)n2)cn1. The molecule has 22 heavy (non-hydrogen) atoms. The van der Waals surface area contributed by atoms with Gasteiger partial charge in [-0.1, -0.05) is 30.8 Å². The molecule has 0 bridgehead atoms. The number of hydrogen-bond acceptors (Lipinski definition) is 7. The zero-order valence-corrected chi connectivity index (χ0v) is 13.9. The van der Waals surface area contributed by atoms with Crippen LogP contribution in [0.3, 0.4) is 0 Å². The van der Waals surface area contributed by atoms with Crippen LogP contribution in [-0.2, 0) is 6.42 Å². The second-order valence-electron chi connectivity index (χ2n) is 5.14. The maximum Gasteiger partial charge on any atom is 0.256 e. The molecule has 0 aliphatic carbocycles.